The standard InChI is InChI=1S/C27H32O4/c1-5-27(3,4)22-13-17-24(18-14-22)30-20(2)29-19-26(28)21-11-15-25(16-12-21)31-23-9-7-6-8-10-23/h6-18,20,26,28H,5,19H2,1-4H3. The zero-order valence-electron chi connectivity index (χ0n) is 18.7. The molecule has 0 radical (unpaired) electrons. The van der Waals surface area contributed by atoms with E-state index in [1.165, 1.54) is 5.56 Å². The van der Waals surface area contributed by atoms with Gasteiger partial charge in [0.2, 0.25) is 0 Å². The number of ether oxygens (including phenoxy) is 3. The number of aliphatic hydroxyl groups is 1. The van der Waals surface area contributed by atoms with Gasteiger partial charge in [-0.3, -0.25) is 0 Å². The van der Waals surface area contributed by atoms with E-state index in [4.69, 9.17) is 14.2 Å². The highest BCUT2D eigenvalue weighted by molar-refractivity contribution is 5.34. The summed E-state index contributed by atoms with van der Waals surface area (Å²) < 4.78 is 17.3. The first kappa shape index (κ1) is 22.9. The van der Waals surface area contributed by atoms with E-state index in [1.807, 2.05) is 73.7 Å². The van der Waals surface area contributed by atoms with Crippen molar-refractivity contribution in [2.75, 3.05) is 6.61 Å². The van der Waals surface area contributed by atoms with Crippen molar-refractivity contribution in [3.63, 3.8) is 0 Å². The normalized spacial score (nSPS) is 13.5. The minimum atomic E-state index is -0.746. The van der Waals surface area contributed by atoms with E-state index in [0.29, 0.717) is 0 Å². The van der Waals surface area contributed by atoms with Crippen molar-refractivity contribution in [3.05, 3.63) is 90.0 Å². The van der Waals surface area contributed by atoms with Crippen LogP contribution in [-0.2, 0) is 10.2 Å². The number of hydrogen-bond donors (Lipinski definition) is 1. The number of para-hydroxylation sites is 1. The lowest BCUT2D eigenvalue weighted by molar-refractivity contribution is -0.0946. The Morgan fingerprint density at radius 2 is 1.39 bits per heavy atom. The molecule has 0 amide bonds. The van der Waals surface area contributed by atoms with Crippen LogP contribution >= 0.6 is 0 Å². The summed E-state index contributed by atoms with van der Waals surface area (Å²) in [5, 5.41) is 10.4. The molecule has 3 aromatic carbocycles. The third kappa shape index (κ3) is 6.58. The van der Waals surface area contributed by atoms with E-state index in [2.05, 4.69) is 32.9 Å². The molecule has 4 nitrogen and oxygen atoms in total. The summed E-state index contributed by atoms with van der Waals surface area (Å²) in [7, 11) is 0. The van der Waals surface area contributed by atoms with Crippen LogP contribution in [0.5, 0.6) is 17.2 Å². The summed E-state index contributed by atoms with van der Waals surface area (Å²) in [6, 6.07) is 25.1. The molecule has 0 aliphatic carbocycles. The Morgan fingerprint density at radius 3 is 2.00 bits per heavy atom. The highest BCUT2D eigenvalue weighted by atomic mass is 16.7. The fourth-order valence-electron chi connectivity index (χ4n) is 3.12. The quantitative estimate of drug-likeness (QED) is 0.373. The molecular formula is C27H32O4. The van der Waals surface area contributed by atoms with E-state index in [0.717, 1.165) is 29.2 Å². The van der Waals surface area contributed by atoms with Gasteiger partial charge in [-0.25, -0.2) is 0 Å². The summed E-state index contributed by atoms with van der Waals surface area (Å²) in [4.78, 5) is 0. The Balaban J connectivity index is 1.48. The first-order valence-corrected chi connectivity index (χ1v) is 10.8. The smallest absolute Gasteiger partial charge is 0.197 e. The van der Waals surface area contributed by atoms with Gasteiger partial charge in [0.1, 0.15) is 23.4 Å². The maximum absolute atomic E-state index is 10.4. The van der Waals surface area contributed by atoms with Gasteiger partial charge in [0.15, 0.2) is 6.29 Å². The first-order valence-electron chi connectivity index (χ1n) is 10.8. The summed E-state index contributed by atoms with van der Waals surface area (Å²) in [5.74, 6) is 2.24. The largest absolute Gasteiger partial charge is 0.465 e. The average molecular weight is 421 g/mol. The van der Waals surface area contributed by atoms with Crippen molar-refractivity contribution in [2.24, 2.45) is 0 Å². The van der Waals surface area contributed by atoms with Gasteiger partial charge in [-0.15, -0.1) is 0 Å². The Hall–Kier alpha value is -2.82. The van der Waals surface area contributed by atoms with Crippen LogP contribution in [0, 0.1) is 0 Å². The minimum Gasteiger partial charge on any atom is -0.465 e. The summed E-state index contributed by atoms with van der Waals surface area (Å²) in [6.07, 6.45) is -0.144. The topological polar surface area (TPSA) is 47.9 Å². The van der Waals surface area contributed by atoms with Crippen molar-refractivity contribution in [1.29, 1.82) is 0 Å². The van der Waals surface area contributed by atoms with Crippen LogP contribution in [0.2, 0.25) is 0 Å². The summed E-state index contributed by atoms with van der Waals surface area (Å²) >= 11 is 0. The van der Waals surface area contributed by atoms with Gasteiger partial charge < -0.3 is 19.3 Å². The highest BCUT2D eigenvalue weighted by Gasteiger charge is 2.18. The van der Waals surface area contributed by atoms with Crippen LogP contribution < -0.4 is 9.47 Å². The van der Waals surface area contributed by atoms with Crippen molar-refractivity contribution >= 4 is 0 Å². The molecule has 3 rings (SSSR count). The van der Waals surface area contributed by atoms with E-state index in [9.17, 15) is 5.11 Å². The maximum Gasteiger partial charge on any atom is 0.197 e. The lowest BCUT2D eigenvalue weighted by Crippen LogP contribution is -2.20. The second-order valence-corrected chi connectivity index (χ2v) is 8.28. The monoisotopic (exact) mass is 420 g/mol. The van der Waals surface area contributed by atoms with E-state index < -0.39 is 12.4 Å². The third-order valence-electron chi connectivity index (χ3n) is 5.55. The number of benzene rings is 3. The zero-order chi connectivity index (χ0) is 22.3. The second kappa shape index (κ2) is 10.5. The summed E-state index contributed by atoms with van der Waals surface area (Å²) in [6.45, 7) is 8.62. The third-order valence-corrected chi connectivity index (χ3v) is 5.55. The maximum atomic E-state index is 10.4. The summed E-state index contributed by atoms with van der Waals surface area (Å²) in [5.41, 5.74) is 2.19. The second-order valence-electron chi connectivity index (χ2n) is 8.28. The molecule has 0 saturated carbocycles. The number of aliphatic hydroxyl groups excluding tert-OH is 1. The van der Waals surface area contributed by atoms with Gasteiger partial charge in [-0.1, -0.05) is 63.2 Å². The van der Waals surface area contributed by atoms with Crippen LogP contribution in [0.1, 0.15) is 51.3 Å². The van der Waals surface area contributed by atoms with Crippen LogP contribution in [0.25, 0.3) is 0 Å². The molecule has 4 heteroatoms. The molecule has 0 aliphatic rings. The van der Waals surface area contributed by atoms with Gasteiger partial charge in [0.25, 0.3) is 0 Å². The van der Waals surface area contributed by atoms with Crippen LogP contribution in [0.4, 0.5) is 0 Å². The molecule has 0 aliphatic heterocycles. The molecule has 0 spiro atoms. The Labute approximate surface area is 185 Å². The fourth-order valence-corrected chi connectivity index (χ4v) is 3.12. The lowest BCUT2D eigenvalue weighted by atomic mass is 9.82. The Bertz CT molecular complexity index is 918. The molecule has 1 N–H and O–H groups in total. The molecule has 31 heavy (non-hydrogen) atoms. The number of hydrogen-bond acceptors (Lipinski definition) is 4. The fraction of sp³-hybridized carbons (Fsp3) is 0.333. The van der Waals surface area contributed by atoms with Gasteiger partial charge in [-0.05, 0) is 66.3 Å². The molecule has 0 saturated heterocycles. The van der Waals surface area contributed by atoms with Crippen molar-refractivity contribution in [1.82, 2.24) is 0 Å². The molecule has 3 aromatic rings. The van der Waals surface area contributed by atoms with Crippen molar-refractivity contribution in [3.8, 4) is 17.2 Å². The molecule has 164 valence electrons. The van der Waals surface area contributed by atoms with Crippen LogP contribution in [0.15, 0.2) is 78.9 Å². The molecule has 0 fully saturated rings. The molecule has 0 heterocycles. The highest BCUT2D eigenvalue weighted by Crippen LogP contribution is 2.28. The Morgan fingerprint density at radius 1 is 0.806 bits per heavy atom. The van der Waals surface area contributed by atoms with E-state index in [1.54, 1.807) is 0 Å². The van der Waals surface area contributed by atoms with Gasteiger partial charge in [-0.2, -0.15) is 0 Å². The Kier molecular flexibility index (Phi) is 7.72. The van der Waals surface area contributed by atoms with Gasteiger partial charge in [0.05, 0.1) is 6.61 Å². The molecule has 2 atom stereocenters. The van der Waals surface area contributed by atoms with Gasteiger partial charge in [0, 0.05) is 0 Å². The predicted octanol–water partition coefficient (Wildman–Crippen LogP) is 6.64. The first-order chi connectivity index (χ1) is 14.9. The molecule has 2 unspecified atom stereocenters. The molecular weight excluding hydrogens is 388 g/mol. The van der Waals surface area contributed by atoms with E-state index in [-0.39, 0.29) is 12.0 Å². The predicted molar refractivity (Wildman–Crippen MR) is 124 cm³/mol. The zero-order valence-corrected chi connectivity index (χ0v) is 18.7. The molecule has 0 bridgehead atoms. The van der Waals surface area contributed by atoms with E-state index >= 15 is 0 Å². The SMILES string of the molecule is CCC(C)(C)c1ccc(OC(C)OCC(O)c2ccc(Oc3ccccc3)cc2)cc1. The number of rotatable bonds is 10. The van der Waals surface area contributed by atoms with Gasteiger partial charge >= 0.3 is 0 Å². The van der Waals surface area contributed by atoms with Crippen molar-refractivity contribution < 1.29 is 19.3 Å². The molecule has 0 aromatic heterocycles. The minimum absolute atomic E-state index is 0.140. The lowest BCUT2D eigenvalue weighted by Gasteiger charge is -2.24. The van der Waals surface area contributed by atoms with Crippen molar-refractivity contribution in [2.45, 2.75) is 51.9 Å². The van der Waals surface area contributed by atoms with Crippen LogP contribution in [0.3, 0.4) is 0 Å². The average Bonchev–Trinajstić information content (AvgIpc) is 2.79. The van der Waals surface area contributed by atoms with Crippen LogP contribution in [-0.4, -0.2) is 18.0 Å².